The molecule has 3 aromatic rings. The molecule has 0 radical (unpaired) electrons. The molecule has 3 aliphatic rings. The number of ether oxygens (including phenoxy) is 1. The van der Waals surface area contributed by atoms with Gasteiger partial charge in [0.2, 0.25) is 5.91 Å². The van der Waals surface area contributed by atoms with Gasteiger partial charge in [-0.05, 0) is 37.4 Å². The molecule has 14 heteroatoms. The Morgan fingerprint density at radius 1 is 1.32 bits per heavy atom. The average molecular weight is 603 g/mol. The summed E-state index contributed by atoms with van der Waals surface area (Å²) in [5.74, 6) is 0.395. The van der Waals surface area contributed by atoms with Gasteiger partial charge in [-0.25, -0.2) is 13.9 Å². The van der Waals surface area contributed by atoms with Crippen LogP contribution in [-0.2, 0) is 4.79 Å². The number of carbonyl (C=O) groups is 2. The van der Waals surface area contributed by atoms with E-state index in [1.54, 1.807) is 22.4 Å². The van der Waals surface area contributed by atoms with Crippen LogP contribution in [0.5, 0.6) is 5.75 Å². The second-order valence-corrected chi connectivity index (χ2v) is 12.3. The Labute approximate surface area is 245 Å². The number of alkyl halides is 1. The number of nitrogens with one attached hydrogen (secondary N) is 2. The first-order valence-electron chi connectivity index (χ1n) is 13.7. The van der Waals surface area contributed by atoms with E-state index < -0.39 is 12.3 Å². The van der Waals surface area contributed by atoms with Crippen LogP contribution in [0.3, 0.4) is 0 Å². The number of nitrogen functional groups attached to an aromatic ring is 1. The van der Waals surface area contributed by atoms with Crippen molar-refractivity contribution in [2.75, 3.05) is 49.9 Å². The van der Waals surface area contributed by atoms with E-state index in [0.717, 1.165) is 47.7 Å². The fourth-order valence-electron chi connectivity index (χ4n) is 5.75. The molecule has 218 valence electrons. The Bertz CT molecular complexity index is 1510. The Morgan fingerprint density at radius 2 is 2.17 bits per heavy atom. The summed E-state index contributed by atoms with van der Waals surface area (Å²) in [5.41, 5.74) is 9.76. The Kier molecular flexibility index (Phi) is 7.75. The van der Waals surface area contributed by atoms with Crippen LogP contribution in [0.15, 0.2) is 24.5 Å². The fraction of sp³-hybridized carbons (Fsp3) is 0.481. The van der Waals surface area contributed by atoms with Crippen LogP contribution >= 0.6 is 22.9 Å². The largest absolute Gasteiger partial charge is 0.486 e. The normalized spacial score (nSPS) is 23.1. The van der Waals surface area contributed by atoms with E-state index in [4.69, 9.17) is 22.1 Å². The molecule has 0 spiro atoms. The summed E-state index contributed by atoms with van der Waals surface area (Å²) < 4.78 is 22.5. The first kappa shape index (κ1) is 27.7. The van der Waals surface area contributed by atoms with E-state index in [1.807, 2.05) is 12.1 Å². The standard InChI is InChI=1S/C27H32ClFN8O3S/c1-15(38)35-8-5-16(12-35)19-9-20(24-26(30)32-14-33-37(19)24)36-7-2-3-17(13-36)34-27(39)25-22(10-23(28)41-25)40-21-4-6-31-11-18(21)29/h5,9-10,14,17-18,21,31H,2-4,6-8,11-13H2,1H3,(H,34,39)(H2,30,32,33)/t17-,18?,21?/m1/s1. The Morgan fingerprint density at radius 3 is 2.95 bits per heavy atom. The van der Waals surface area contributed by atoms with Gasteiger partial charge in [0.1, 0.15) is 34.7 Å². The van der Waals surface area contributed by atoms with Gasteiger partial charge in [0, 0.05) is 51.8 Å². The number of fused-ring (bicyclic) bond motifs is 1. The smallest absolute Gasteiger partial charge is 0.265 e. The molecule has 0 aromatic carbocycles. The van der Waals surface area contributed by atoms with Crippen molar-refractivity contribution in [2.45, 2.75) is 44.5 Å². The highest BCUT2D eigenvalue weighted by atomic mass is 35.5. The molecular weight excluding hydrogens is 571 g/mol. The van der Waals surface area contributed by atoms with Crippen molar-refractivity contribution in [2.24, 2.45) is 0 Å². The highest BCUT2D eigenvalue weighted by Crippen LogP contribution is 2.36. The molecular formula is C27H32ClFN8O3S. The number of halogens is 2. The lowest BCUT2D eigenvalue weighted by molar-refractivity contribution is -0.127. The van der Waals surface area contributed by atoms with Gasteiger partial charge in [-0.3, -0.25) is 9.59 Å². The predicted molar refractivity (Wildman–Crippen MR) is 156 cm³/mol. The van der Waals surface area contributed by atoms with Crippen molar-refractivity contribution < 1.29 is 18.7 Å². The minimum Gasteiger partial charge on any atom is -0.486 e. The topological polar surface area (TPSA) is 130 Å². The maximum Gasteiger partial charge on any atom is 0.265 e. The summed E-state index contributed by atoms with van der Waals surface area (Å²) in [4.78, 5) is 33.8. The third-order valence-corrected chi connectivity index (χ3v) is 9.10. The lowest BCUT2D eigenvalue weighted by Crippen LogP contribution is -2.48. The summed E-state index contributed by atoms with van der Waals surface area (Å²) >= 11 is 7.38. The van der Waals surface area contributed by atoms with Crippen LogP contribution in [0.25, 0.3) is 11.1 Å². The van der Waals surface area contributed by atoms with E-state index >= 15 is 0 Å². The molecule has 0 bridgehead atoms. The fourth-order valence-corrected chi connectivity index (χ4v) is 6.80. The number of rotatable bonds is 6. The molecule has 2 saturated heterocycles. The number of aromatic nitrogens is 3. The van der Waals surface area contributed by atoms with Gasteiger partial charge < -0.3 is 30.9 Å². The van der Waals surface area contributed by atoms with E-state index in [-0.39, 0.29) is 24.4 Å². The van der Waals surface area contributed by atoms with Crippen LogP contribution in [-0.4, -0.2) is 88.9 Å². The predicted octanol–water partition coefficient (Wildman–Crippen LogP) is 2.75. The van der Waals surface area contributed by atoms with Crippen molar-refractivity contribution >= 4 is 57.3 Å². The van der Waals surface area contributed by atoms with Crippen LogP contribution < -0.4 is 26.0 Å². The molecule has 11 nitrogen and oxygen atoms in total. The van der Waals surface area contributed by atoms with Crippen LogP contribution in [0.2, 0.25) is 4.34 Å². The number of amides is 2. The minimum atomic E-state index is -1.16. The van der Waals surface area contributed by atoms with Crippen molar-refractivity contribution in [1.29, 1.82) is 0 Å². The highest BCUT2D eigenvalue weighted by Gasteiger charge is 2.31. The number of anilines is 2. The van der Waals surface area contributed by atoms with Crippen LogP contribution in [0.1, 0.15) is 41.6 Å². The Balaban J connectivity index is 1.21. The Hall–Kier alpha value is -3.42. The third-order valence-electron chi connectivity index (χ3n) is 7.85. The van der Waals surface area contributed by atoms with E-state index in [1.165, 1.54) is 6.33 Å². The minimum absolute atomic E-state index is 0.0157. The second kappa shape index (κ2) is 11.5. The van der Waals surface area contributed by atoms with Crippen LogP contribution in [0, 0.1) is 0 Å². The number of hydrogen-bond donors (Lipinski definition) is 3. The number of thiophene rings is 1. The highest BCUT2D eigenvalue weighted by molar-refractivity contribution is 7.18. The number of piperidine rings is 2. The molecule has 41 heavy (non-hydrogen) atoms. The number of carbonyl (C=O) groups excluding carboxylic acids is 2. The van der Waals surface area contributed by atoms with Gasteiger partial charge in [0.15, 0.2) is 5.82 Å². The summed E-state index contributed by atoms with van der Waals surface area (Å²) in [6, 6.07) is 3.48. The third kappa shape index (κ3) is 5.57. The second-order valence-electron chi connectivity index (χ2n) is 10.6. The zero-order valence-corrected chi connectivity index (χ0v) is 24.2. The van der Waals surface area contributed by atoms with Crippen LogP contribution in [0.4, 0.5) is 15.9 Å². The first-order chi connectivity index (χ1) is 19.8. The van der Waals surface area contributed by atoms with Crippen molar-refractivity contribution in [3.05, 3.63) is 39.4 Å². The monoisotopic (exact) mass is 602 g/mol. The van der Waals surface area contributed by atoms with Gasteiger partial charge in [0.05, 0.1) is 15.7 Å². The molecule has 6 heterocycles. The van der Waals surface area contributed by atoms with Gasteiger partial charge in [-0.2, -0.15) is 5.10 Å². The summed E-state index contributed by atoms with van der Waals surface area (Å²) in [6.45, 7) is 4.80. The molecule has 6 rings (SSSR count). The SMILES string of the molecule is CC(=O)N1CC=C(c2cc(N3CCC[C@@H](NC(=O)c4sc(Cl)cc4OC4CCNCC4F)C3)c3c(N)ncnn23)C1. The maximum absolute atomic E-state index is 14.4. The molecule has 2 unspecified atom stereocenters. The lowest BCUT2D eigenvalue weighted by atomic mass is 10.0. The molecule has 3 aliphatic heterocycles. The lowest BCUT2D eigenvalue weighted by Gasteiger charge is -2.34. The zero-order valence-electron chi connectivity index (χ0n) is 22.6. The molecule has 4 N–H and O–H groups in total. The molecule has 0 saturated carbocycles. The summed E-state index contributed by atoms with van der Waals surface area (Å²) in [5, 5.41) is 10.6. The van der Waals surface area contributed by atoms with Crippen molar-refractivity contribution in [3.63, 3.8) is 0 Å². The molecule has 2 amide bonds. The van der Waals surface area contributed by atoms with Crippen molar-refractivity contribution in [1.82, 2.24) is 30.1 Å². The number of hydrogen-bond acceptors (Lipinski definition) is 9. The first-order valence-corrected chi connectivity index (χ1v) is 14.9. The molecule has 3 aromatic heterocycles. The van der Waals surface area contributed by atoms with E-state index in [0.29, 0.717) is 58.9 Å². The number of nitrogens with zero attached hydrogens (tertiary/aromatic N) is 5. The van der Waals surface area contributed by atoms with E-state index in [2.05, 4.69) is 25.6 Å². The van der Waals surface area contributed by atoms with Gasteiger partial charge in [-0.1, -0.05) is 17.7 Å². The quantitative estimate of drug-likeness (QED) is 0.393. The van der Waals surface area contributed by atoms with Crippen molar-refractivity contribution in [3.8, 4) is 5.75 Å². The molecule has 2 fully saturated rings. The summed E-state index contributed by atoms with van der Waals surface area (Å²) in [7, 11) is 0. The van der Waals surface area contributed by atoms with Gasteiger partial charge in [0.25, 0.3) is 5.91 Å². The average Bonchev–Trinajstić information content (AvgIpc) is 3.68. The van der Waals surface area contributed by atoms with E-state index in [9.17, 15) is 14.0 Å². The number of nitrogens with two attached hydrogens (primary N) is 1. The zero-order chi connectivity index (χ0) is 28.7. The summed E-state index contributed by atoms with van der Waals surface area (Å²) in [6.07, 6.45) is 3.83. The maximum atomic E-state index is 14.4. The van der Waals surface area contributed by atoms with Gasteiger partial charge in [-0.15, -0.1) is 11.3 Å². The molecule has 0 aliphatic carbocycles. The van der Waals surface area contributed by atoms with Gasteiger partial charge >= 0.3 is 0 Å². The molecule has 3 atom stereocenters.